The van der Waals surface area contributed by atoms with E-state index in [0.29, 0.717) is 42.9 Å². The molecule has 0 unspecified atom stereocenters. The summed E-state index contributed by atoms with van der Waals surface area (Å²) >= 11 is 0. The molecule has 0 saturated carbocycles. The predicted octanol–water partition coefficient (Wildman–Crippen LogP) is 3.21. The van der Waals surface area contributed by atoms with E-state index in [2.05, 4.69) is 16.0 Å². The second-order valence-electron chi connectivity index (χ2n) is 5.02. The van der Waals surface area contributed by atoms with E-state index in [4.69, 9.17) is 9.68 Å². The molecule has 0 spiro atoms. The molecule has 0 fully saturated rings. The third-order valence-corrected chi connectivity index (χ3v) is 3.39. The van der Waals surface area contributed by atoms with Gasteiger partial charge in [-0.2, -0.15) is 5.26 Å². The summed E-state index contributed by atoms with van der Waals surface area (Å²) in [4.78, 5) is 9.46. The molecule has 1 aromatic carbocycles. The number of rotatable bonds is 6. The number of furan rings is 1. The minimum atomic E-state index is -0.338. The Balaban J connectivity index is 1.78. The minimum Gasteiger partial charge on any atom is -0.468 e. The van der Waals surface area contributed by atoms with Crippen molar-refractivity contribution >= 4 is 11.0 Å². The number of nitrogens with zero attached hydrogens (tertiary/aromatic N) is 3. The molecular formula is C16H15FN4O. The number of nitriles is 1. The van der Waals surface area contributed by atoms with Crippen molar-refractivity contribution in [3.63, 3.8) is 0 Å². The molecule has 2 heterocycles. The highest BCUT2D eigenvalue weighted by atomic mass is 19.1. The molecule has 1 N–H and O–H groups in total. The maximum atomic E-state index is 13.7. The molecule has 0 saturated heterocycles. The Kier molecular flexibility index (Phi) is 4.17. The molecule has 0 amide bonds. The van der Waals surface area contributed by atoms with Gasteiger partial charge in [0.2, 0.25) is 0 Å². The Bertz CT molecular complexity index is 788. The van der Waals surface area contributed by atoms with Crippen LogP contribution in [0.2, 0.25) is 0 Å². The standard InChI is InChI=1S/C16H15FN4O/c17-13-5-1-6-14-16(13)20-15(19-14)11-21(8-3-7-18)10-12-4-2-9-22-12/h1-2,4-6,9H,3,8,10-11H2,(H,19,20). The third-order valence-electron chi connectivity index (χ3n) is 3.39. The van der Waals surface area contributed by atoms with Crippen molar-refractivity contribution in [3.8, 4) is 6.07 Å². The normalized spacial score (nSPS) is 11.1. The fourth-order valence-electron chi connectivity index (χ4n) is 2.38. The molecule has 0 radical (unpaired) electrons. The number of aromatic amines is 1. The Hall–Kier alpha value is -2.65. The number of hydrogen-bond acceptors (Lipinski definition) is 4. The first kappa shape index (κ1) is 14.3. The number of nitrogens with one attached hydrogen (secondary N) is 1. The molecule has 0 bridgehead atoms. The van der Waals surface area contributed by atoms with Crippen molar-refractivity contribution in [2.75, 3.05) is 6.54 Å². The Morgan fingerprint density at radius 1 is 1.27 bits per heavy atom. The van der Waals surface area contributed by atoms with Crippen LogP contribution in [-0.2, 0) is 13.1 Å². The first-order chi connectivity index (χ1) is 10.8. The maximum absolute atomic E-state index is 13.7. The second-order valence-corrected chi connectivity index (χ2v) is 5.02. The molecule has 6 heteroatoms. The van der Waals surface area contributed by atoms with E-state index >= 15 is 0 Å². The topological polar surface area (TPSA) is 68.8 Å². The van der Waals surface area contributed by atoms with Crippen LogP contribution < -0.4 is 0 Å². The molecule has 3 rings (SSSR count). The van der Waals surface area contributed by atoms with E-state index in [1.165, 1.54) is 6.07 Å². The average molecular weight is 298 g/mol. The minimum absolute atomic E-state index is 0.338. The van der Waals surface area contributed by atoms with Gasteiger partial charge in [-0.25, -0.2) is 9.37 Å². The lowest BCUT2D eigenvalue weighted by molar-refractivity contribution is 0.236. The van der Waals surface area contributed by atoms with E-state index in [1.54, 1.807) is 18.4 Å². The molecule has 0 atom stereocenters. The number of aromatic nitrogens is 2. The van der Waals surface area contributed by atoms with Crippen LogP contribution in [0.1, 0.15) is 18.0 Å². The van der Waals surface area contributed by atoms with Gasteiger partial charge in [0.15, 0.2) is 5.82 Å². The number of H-pyrrole nitrogens is 1. The molecule has 0 aliphatic heterocycles. The zero-order valence-electron chi connectivity index (χ0n) is 11.9. The number of fused-ring (bicyclic) bond motifs is 1. The maximum Gasteiger partial charge on any atom is 0.151 e. The second kappa shape index (κ2) is 6.41. The van der Waals surface area contributed by atoms with Crippen molar-refractivity contribution < 1.29 is 8.81 Å². The average Bonchev–Trinajstić information content (AvgIpc) is 3.14. The van der Waals surface area contributed by atoms with Crippen LogP contribution in [0.3, 0.4) is 0 Å². The molecule has 0 aliphatic carbocycles. The van der Waals surface area contributed by atoms with Crippen molar-refractivity contribution in [1.82, 2.24) is 14.9 Å². The SMILES string of the molecule is N#CCCN(Cc1nc2c(F)cccc2[nH]1)Cc1ccco1. The fraction of sp³-hybridized carbons (Fsp3) is 0.250. The van der Waals surface area contributed by atoms with Crippen molar-refractivity contribution in [3.05, 3.63) is 54.0 Å². The zero-order valence-corrected chi connectivity index (χ0v) is 11.9. The molecule has 3 aromatic rings. The number of halogens is 1. The van der Waals surface area contributed by atoms with Crippen LogP contribution >= 0.6 is 0 Å². The summed E-state index contributed by atoms with van der Waals surface area (Å²) in [7, 11) is 0. The van der Waals surface area contributed by atoms with Gasteiger partial charge in [-0.3, -0.25) is 4.90 Å². The predicted molar refractivity (Wildman–Crippen MR) is 79.1 cm³/mol. The zero-order chi connectivity index (χ0) is 15.4. The third kappa shape index (κ3) is 3.15. The number of hydrogen-bond donors (Lipinski definition) is 1. The summed E-state index contributed by atoms with van der Waals surface area (Å²) in [5, 5.41) is 8.78. The molecule has 0 aliphatic rings. The van der Waals surface area contributed by atoms with Crippen LogP contribution in [0.15, 0.2) is 41.0 Å². The van der Waals surface area contributed by atoms with Gasteiger partial charge in [-0.1, -0.05) is 6.07 Å². The van der Waals surface area contributed by atoms with Crippen molar-refractivity contribution in [2.24, 2.45) is 0 Å². The van der Waals surface area contributed by atoms with Gasteiger partial charge in [0.1, 0.15) is 17.1 Å². The lowest BCUT2D eigenvalue weighted by Gasteiger charge is -2.18. The molecule has 2 aromatic heterocycles. The highest BCUT2D eigenvalue weighted by molar-refractivity contribution is 5.75. The molecular weight excluding hydrogens is 283 g/mol. The van der Waals surface area contributed by atoms with Gasteiger partial charge >= 0.3 is 0 Å². The van der Waals surface area contributed by atoms with Gasteiger partial charge in [0, 0.05) is 13.0 Å². The first-order valence-electron chi connectivity index (χ1n) is 7.01. The summed E-state index contributed by atoms with van der Waals surface area (Å²) in [6.45, 7) is 1.67. The Morgan fingerprint density at radius 2 is 2.18 bits per heavy atom. The highest BCUT2D eigenvalue weighted by Gasteiger charge is 2.13. The largest absolute Gasteiger partial charge is 0.468 e. The van der Waals surface area contributed by atoms with E-state index < -0.39 is 0 Å². The summed E-state index contributed by atoms with van der Waals surface area (Å²) in [5.74, 6) is 1.15. The van der Waals surface area contributed by atoms with E-state index in [9.17, 15) is 4.39 Å². The number of para-hydroxylation sites is 1. The van der Waals surface area contributed by atoms with Gasteiger partial charge in [0.25, 0.3) is 0 Å². The number of benzene rings is 1. The Labute approximate surface area is 127 Å². The summed E-state index contributed by atoms with van der Waals surface area (Å²) in [6, 6.07) is 10.7. The summed E-state index contributed by atoms with van der Waals surface area (Å²) in [5.41, 5.74) is 1.02. The van der Waals surface area contributed by atoms with E-state index in [0.717, 1.165) is 5.76 Å². The van der Waals surface area contributed by atoms with Crippen LogP contribution in [0, 0.1) is 17.1 Å². The van der Waals surface area contributed by atoms with E-state index in [1.807, 2.05) is 17.0 Å². The van der Waals surface area contributed by atoms with Crippen LogP contribution in [-0.4, -0.2) is 21.4 Å². The molecule has 112 valence electrons. The van der Waals surface area contributed by atoms with Crippen molar-refractivity contribution in [2.45, 2.75) is 19.5 Å². The first-order valence-corrected chi connectivity index (χ1v) is 7.01. The summed E-state index contributed by atoms with van der Waals surface area (Å²) < 4.78 is 19.0. The van der Waals surface area contributed by atoms with Crippen molar-refractivity contribution in [1.29, 1.82) is 5.26 Å². The number of imidazole rings is 1. The quantitative estimate of drug-likeness (QED) is 0.758. The smallest absolute Gasteiger partial charge is 0.151 e. The van der Waals surface area contributed by atoms with Crippen LogP contribution in [0.5, 0.6) is 0 Å². The van der Waals surface area contributed by atoms with Gasteiger partial charge in [-0.05, 0) is 24.3 Å². The summed E-state index contributed by atoms with van der Waals surface area (Å²) in [6.07, 6.45) is 2.03. The Morgan fingerprint density at radius 3 is 2.91 bits per heavy atom. The van der Waals surface area contributed by atoms with Gasteiger partial charge in [-0.15, -0.1) is 0 Å². The molecule has 5 nitrogen and oxygen atoms in total. The fourth-order valence-corrected chi connectivity index (χ4v) is 2.38. The lowest BCUT2D eigenvalue weighted by Crippen LogP contribution is -2.24. The monoisotopic (exact) mass is 298 g/mol. The van der Waals surface area contributed by atoms with Gasteiger partial charge in [0.05, 0.1) is 30.9 Å². The van der Waals surface area contributed by atoms with Crippen LogP contribution in [0.4, 0.5) is 4.39 Å². The molecule has 22 heavy (non-hydrogen) atoms. The van der Waals surface area contributed by atoms with Gasteiger partial charge < -0.3 is 9.40 Å². The highest BCUT2D eigenvalue weighted by Crippen LogP contribution is 2.16. The van der Waals surface area contributed by atoms with Crippen LogP contribution in [0.25, 0.3) is 11.0 Å². The lowest BCUT2D eigenvalue weighted by atomic mass is 10.3. The van der Waals surface area contributed by atoms with E-state index in [-0.39, 0.29) is 5.82 Å².